The van der Waals surface area contributed by atoms with Crippen LogP contribution in [0.2, 0.25) is 0 Å². The van der Waals surface area contributed by atoms with Crippen LogP contribution >= 0.6 is 0 Å². The van der Waals surface area contributed by atoms with E-state index in [4.69, 9.17) is 0 Å². The van der Waals surface area contributed by atoms with Crippen LogP contribution in [-0.4, -0.2) is 22.4 Å². The van der Waals surface area contributed by atoms with Crippen molar-refractivity contribution in [1.29, 1.82) is 0 Å². The fourth-order valence-corrected chi connectivity index (χ4v) is 5.33. The van der Waals surface area contributed by atoms with Gasteiger partial charge in [0, 0.05) is 0 Å². The Morgan fingerprint density at radius 3 is 2.65 bits per heavy atom. The van der Waals surface area contributed by atoms with Gasteiger partial charge in [-0.1, -0.05) is 12.5 Å². The number of fused-ring (bicyclic) bond motifs is 2. The van der Waals surface area contributed by atoms with Gasteiger partial charge < -0.3 is 10.2 Å². The van der Waals surface area contributed by atoms with E-state index < -0.39 is 5.60 Å². The molecule has 5 atom stereocenters. The molecule has 4 aliphatic rings. The van der Waals surface area contributed by atoms with Gasteiger partial charge >= 0.3 is 0 Å². The van der Waals surface area contributed by atoms with Gasteiger partial charge in [0.25, 0.3) is 0 Å². The molecule has 0 saturated heterocycles. The highest BCUT2D eigenvalue weighted by molar-refractivity contribution is 5.32. The number of hydrogen-bond acceptors (Lipinski definition) is 2. The number of allylic oxidation sites excluding steroid dienone is 1. The fourth-order valence-electron chi connectivity index (χ4n) is 5.33. The van der Waals surface area contributed by atoms with E-state index in [2.05, 4.69) is 13.8 Å². The molecule has 0 heterocycles. The summed E-state index contributed by atoms with van der Waals surface area (Å²) in [5.41, 5.74) is 2.50. The molecule has 0 spiro atoms. The first kappa shape index (κ1) is 11.7. The zero-order chi connectivity index (χ0) is 12.4. The molecule has 4 bridgehead atoms. The quantitative estimate of drug-likeness (QED) is 0.687. The van der Waals surface area contributed by atoms with Crippen LogP contribution in [0.15, 0.2) is 11.1 Å². The Kier molecular flexibility index (Phi) is 2.32. The van der Waals surface area contributed by atoms with Crippen LogP contribution in [0.5, 0.6) is 0 Å². The first-order valence-electron chi connectivity index (χ1n) is 6.93. The summed E-state index contributed by atoms with van der Waals surface area (Å²) in [6, 6.07) is 0. The summed E-state index contributed by atoms with van der Waals surface area (Å²) in [4.78, 5) is 0. The second kappa shape index (κ2) is 3.36. The summed E-state index contributed by atoms with van der Waals surface area (Å²) in [5, 5.41) is 20.0. The third-order valence-corrected chi connectivity index (χ3v) is 6.10. The summed E-state index contributed by atoms with van der Waals surface area (Å²) in [6.07, 6.45) is 4.45. The summed E-state index contributed by atoms with van der Waals surface area (Å²) < 4.78 is 0. The monoisotopic (exact) mass is 236 g/mol. The molecule has 2 nitrogen and oxygen atoms in total. The molecule has 0 unspecified atom stereocenters. The Hall–Kier alpha value is -0.340. The maximum Gasteiger partial charge on any atom is 0.0659 e. The predicted octanol–water partition coefficient (Wildman–Crippen LogP) is 2.50. The van der Waals surface area contributed by atoms with E-state index in [1.54, 1.807) is 0 Å². The van der Waals surface area contributed by atoms with Gasteiger partial charge in [-0.25, -0.2) is 0 Å². The molecule has 96 valence electrons. The molecule has 2 N–H and O–H groups in total. The Balaban J connectivity index is 2.01. The molecule has 4 saturated carbocycles. The van der Waals surface area contributed by atoms with Crippen molar-refractivity contribution in [3.63, 3.8) is 0 Å². The average molecular weight is 236 g/mol. The number of aliphatic hydroxyl groups is 2. The van der Waals surface area contributed by atoms with Crippen molar-refractivity contribution in [2.75, 3.05) is 6.61 Å². The minimum Gasteiger partial charge on any atom is -0.392 e. The average Bonchev–Trinajstić information content (AvgIpc) is 2.27. The largest absolute Gasteiger partial charge is 0.392 e. The van der Waals surface area contributed by atoms with Gasteiger partial charge in [0.2, 0.25) is 0 Å². The first-order chi connectivity index (χ1) is 7.92. The lowest BCUT2D eigenvalue weighted by Crippen LogP contribution is -2.69. The summed E-state index contributed by atoms with van der Waals surface area (Å²) in [7, 11) is 0. The smallest absolute Gasteiger partial charge is 0.0659 e. The Morgan fingerprint density at radius 1 is 1.35 bits per heavy atom. The molecule has 4 rings (SSSR count). The Bertz CT molecular complexity index is 382. The normalized spacial score (nSPS) is 55.2. The topological polar surface area (TPSA) is 40.5 Å². The van der Waals surface area contributed by atoms with E-state index in [0.29, 0.717) is 17.3 Å². The molecule has 17 heavy (non-hydrogen) atoms. The predicted molar refractivity (Wildman–Crippen MR) is 67.5 cm³/mol. The van der Waals surface area contributed by atoms with Crippen molar-refractivity contribution in [3.8, 4) is 0 Å². The number of aliphatic hydroxyl groups excluding tert-OH is 1. The lowest BCUT2D eigenvalue weighted by molar-refractivity contribution is -0.251. The van der Waals surface area contributed by atoms with Crippen LogP contribution in [0.25, 0.3) is 0 Å². The minimum absolute atomic E-state index is 0.185. The Morgan fingerprint density at radius 2 is 2.06 bits per heavy atom. The summed E-state index contributed by atoms with van der Waals surface area (Å²) >= 11 is 0. The second-order valence-electron chi connectivity index (χ2n) is 6.98. The van der Waals surface area contributed by atoms with E-state index in [9.17, 15) is 10.2 Å². The van der Waals surface area contributed by atoms with Crippen molar-refractivity contribution in [2.45, 2.75) is 52.1 Å². The highest BCUT2D eigenvalue weighted by Gasteiger charge is 2.69. The molecule has 0 amide bonds. The van der Waals surface area contributed by atoms with Crippen LogP contribution in [-0.2, 0) is 0 Å². The van der Waals surface area contributed by atoms with Gasteiger partial charge in [-0.3, -0.25) is 0 Å². The number of rotatable bonds is 1. The third kappa shape index (κ3) is 1.29. The molecule has 0 aromatic carbocycles. The molecule has 0 radical (unpaired) electrons. The van der Waals surface area contributed by atoms with E-state index in [1.807, 2.05) is 6.92 Å². The minimum atomic E-state index is -0.491. The zero-order valence-electron chi connectivity index (χ0n) is 11.2. The lowest BCUT2D eigenvalue weighted by Gasteiger charge is -2.72. The summed E-state index contributed by atoms with van der Waals surface area (Å²) in [5.74, 6) is 1.75. The van der Waals surface area contributed by atoms with Gasteiger partial charge in [-0.2, -0.15) is 0 Å². The van der Waals surface area contributed by atoms with Gasteiger partial charge in [0.15, 0.2) is 0 Å². The second-order valence-corrected chi connectivity index (χ2v) is 6.98. The third-order valence-electron chi connectivity index (χ3n) is 6.10. The van der Waals surface area contributed by atoms with E-state index in [0.717, 1.165) is 30.8 Å². The zero-order valence-corrected chi connectivity index (χ0v) is 11.2. The van der Waals surface area contributed by atoms with Crippen molar-refractivity contribution < 1.29 is 10.2 Å². The molecule has 0 aliphatic heterocycles. The van der Waals surface area contributed by atoms with E-state index in [-0.39, 0.29) is 6.61 Å². The van der Waals surface area contributed by atoms with Gasteiger partial charge in [0.1, 0.15) is 0 Å². The molecule has 4 aliphatic carbocycles. The van der Waals surface area contributed by atoms with E-state index >= 15 is 0 Å². The SMILES string of the molecule is C/C(CO)=C1\CC[C@@]2(C)[C@@H]3CC[C@](C)(O)[C@H]2[C@H]13. The molecule has 0 aromatic heterocycles. The number of hydrogen-bond donors (Lipinski definition) is 2. The van der Waals surface area contributed by atoms with Gasteiger partial charge in [-0.05, 0) is 68.3 Å². The molecular formula is C15H24O2. The van der Waals surface area contributed by atoms with Crippen LogP contribution in [0.1, 0.15) is 46.5 Å². The maximum absolute atomic E-state index is 10.6. The van der Waals surface area contributed by atoms with Crippen LogP contribution in [0, 0.1) is 23.2 Å². The van der Waals surface area contributed by atoms with Crippen molar-refractivity contribution in [2.24, 2.45) is 23.2 Å². The standard InChI is InChI=1S/C15H24O2/c1-9(8-16)10-4-6-14(2)11-5-7-15(3,17)13(14)12(10)11/h11-13,16-17H,4-8H2,1-3H3/b10-9-/t11-,12-,13+,14+,15+/m1/s1. The van der Waals surface area contributed by atoms with Crippen LogP contribution in [0.3, 0.4) is 0 Å². The fraction of sp³-hybridized carbons (Fsp3) is 0.867. The molecule has 0 aromatic rings. The highest BCUT2D eigenvalue weighted by Crippen LogP contribution is 2.73. The maximum atomic E-state index is 10.6. The van der Waals surface area contributed by atoms with E-state index in [1.165, 1.54) is 12.0 Å². The Labute approximate surface area is 104 Å². The highest BCUT2D eigenvalue weighted by atomic mass is 16.3. The van der Waals surface area contributed by atoms with Gasteiger partial charge in [0.05, 0.1) is 12.2 Å². The van der Waals surface area contributed by atoms with Crippen molar-refractivity contribution in [3.05, 3.63) is 11.1 Å². The summed E-state index contributed by atoms with van der Waals surface area (Å²) in [6.45, 7) is 6.64. The van der Waals surface area contributed by atoms with Gasteiger partial charge in [-0.15, -0.1) is 0 Å². The van der Waals surface area contributed by atoms with Crippen LogP contribution in [0.4, 0.5) is 0 Å². The molecular weight excluding hydrogens is 212 g/mol. The molecule has 4 fully saturated rings. The van der Waals surface area contributed by atoms with Crippen LogP contribution < -0.4 is 0 Å². The lowest BCUT2D eigenvalue weighted by atomic mass is 9.33. The molecule has 2 heteroatoms. The first-order valence-corrected chi connectivity index (χ1v) is 6.93. The van der Waals surface area contributed by atoms with Crippen molar-refractivity contribution >= 4 is 0 Å². The van der Waals surface area contributed by atoms with Crippen molar-refractivity contribution in [1.82, 2.24) is 0 Å².